The molecular weight excluding hydrogens is 338 g/mol. The van der Waals surface area contributed by atoms with Crippen LogP contribution >= 0.6 is 11.6 Å². The van der Waals surface area contributed by atoms with Crippen LogP contribution in [0.5, 0.6) is 5.75 Å². The van der Waals surface area contributed by atoms with Gasteiger partial charge in [-0.1, -0.05) is 29.8 Å². The molecule has 0 fully saturated rings. The van der Waals surface area contributed by atoms with E-state index in [0.29, 0.717) is 10.8 Å². The molecule has 0 aliphatic carbocycles. The summed E-state index contributed by atoms with van der Waals surface area (Å²) >= 11 is 5.99. The fraction of sp³-hybridized carbons (Fsp3) is 0.158. The maximum atomic E-state index is 11.9. The normalized spacial score (nSPS) is 11.2. The Labute approximate surface area is 150 Å². The zero-order chi connectivity index (χ0) is 17.8. The number of benzene rings is 2. The molecule has 128 valence electrons. The van der Waals surface area contributed by atoms with Crippen molar-refractivity contribution in [2.45, 2.75) is 13.8 Å². The van der Waals surface area contributed by atoms with Crippen molar-refractivity contribution in [2.24, 2.45) is 5.10 Å². The quantitative estimate of drug-likeness (QED) is 0.537. The molecule has 0 saturated heterocycles. The number of hydrogen-bond donors (Lipinski definition) is 2. The lowest BCUT2D eigenvalue weighted by Gasteiger charge is -2.11. The smallest absolute Gasteiger partial charge is 0.277 e. The number of para-hydroxylation sites is 1. The van der Waals surface area contributed by atoms with Gasteiger partial charge < -0.3 is 9.72 Å². The minimum Gasteiger partial charge on any atom is -0.483 e. The average Bonchev–Trinajstić information content (AvgIpc) is 2.97. The summed E-state index contributed by atoms with van der Waals surface area (Å²) in [6.07, 6.45) is 3.45. The summed E-state index contributed by atoms with van der Waals surface area (Å²) in [4.78, 5) is 15.1. The lowest BCUT2D eigenvalue weighted by molar-refractivity contribution is -0.123. The molecule has 0 aliphatic heterocycles. The molecule has 25 heavy (non-hydrogen) atoms. The molecule has 0 bridgehead atoms. The molecule has 0 saturated carbocycles. The molecule has 1 heterocycles. The Morgan fingerprint density at radius 2 is 2.00 bits per heavy atom. The van der Waals surface area contributed by atoms with Gasteiger partial charge in [0.1, 0.15) is 5.75 Å². The number of aromatic amines is 1. The number of aromatic nitrogens is 1. The van der Waals surface area contributed by atoms with Gasteiger partial charge in [0, 0.05) is 27.7 Å². The Balaban J connectivity index is 1.58. The molecule has 0 unspecified atom stereocenters. The van der Waals surface area contributed by atoms with Gasteiger partial charge >= 0.3 is 0 Å². The van der Waals surface area contributed by atoms with Gasteiger partial charge in [0.05, 0.1) is 6.21 Å². The van der Waals surface area contributed by atoms with E-state index in [2.05, 4.69) is 15.5 Å². The number of nitrogens with zero attached hydrogens (tertiary/aromatic N) is 1. The number of hydrazone groups is 1. The number of halogens is 1. The minimum atomic E-state index is -0.329. The summed E-state index contributed by atoms with van der Waals surface area (Å²) < 4.78 is 5.59. The van der Waals surface area contributed by atoms with Gasteiger partial charge in [-0.2, -0.15) is 5.10 Å². The third-order valence-corrected chi connectivity index (χ3v) is 4.01. The first-order valence-electron chi connectivity index (χ1n) is 7.82. The molecule has 0 atom stereocenters. The standard InChI is InChI=1S/C19H18ClN3O2/c1-12-7-15(20)8-13(2)19(12)25-11-18(24)23-22-10-14-9-21-17-6-4-3-5-16(14)17/h3-10,21H,11H2,1-2H3,(H,23,24). The first kappa shape index (κ1) is 17.0. The highest BCUT2D eigenvalue weighted by Crippen LogP contribution is 2.26. The van der Waals surface area contributed by atoms with E-state index in [9.17, 15) is 4.79 Å². The van der Waals surface area contributed by atoms with Crippen molar-refractivity contribution in [2.75, 3.05) is 6.61 Å². The van der Waals surface area contributed by atoms with Crippen molar-refractivity contribution in [3.05, 3.63) is 64.3 Å². The number of fused-ring (bicyclic) bond motifs is 1. The van der Waals surface area contributed by atoms with E-state index in [-0.39, 0.29) is 12.5 Å². The van der Waals surface area contributed by atoms with E-state index in [1.807, 2.05) is 44.3 Å². The highest BCUT2D eigenvalue weighted by Gasteiger charge is 2.08. The molecule has 5 nitrogen and oxygen atoms in total. The monoisotopic (exact) mass is 355 g/mol. The number of amides is 1. The zero-order valence-corrected chi connectivity index (χ0v) is 14.7. The van der Waals surface area contributed by atoms with Crippen molar-refractivity contribution in [3.8, 4) is 5.75 Å². The maximum Gasteiger partial charge on any atom is 0.277 e. The van der Waals surface area contributed by atoms with Crippen LogP contribution in [0.1, 0.15) is 16.7 Å². The molecule has 0 aliphatic rings. The second-order valence-electron chi connectivity index (χ2n) is 5.74. The first-order valence-corrected chi connectivity index (χ1v) is 8.20. The minimum absolute atomic E-state index is 0.117. The van der Waals surface area contributed by atoms with Crippen LogP contribution in [0.15, 0.2) is 47.7 Å². The number of hydrogen-bond acceptors (Lipinski definition) is 3. The fourth-order valence-corrected chi connectivity index (χ4v) is 3.00. The van der Waals surface area contributed by atoms with Crippen LogP contribution in [0, 0.1) is 13.8 Å². The summed E-state index contributed by atoms with van der Waals surface area (Å²) in [5.41, 5.74) is 6.17. The average molecular weight is 356 g/mol. The van der Waals surface area contributed by atoms with Crippen LogP contribution in [0.3, 0.4) is 0 Å². The molecule has 0 radical (unpaired) electrons. The predicted molar refractivity (Wildman–Crippen MR) is 100 cm³/mol. The fourth-order valence-electron chi connectivity index (χ4n) is 2.67. The second-order valence-corrected chi connectivity index (χ2v) is 6.18. The zero-order valence-electron chi connectivity index (χ0n) is 14.0. The van der Waals surface area contributed by atoms with Gasteiger partial charge in [-0.3, -0.25) is 4.79 Å². The van der Waals surface area contributed by atoms with Crippen LogP contribution < -0.4 is 10.2 Å². The van der Waals surface area contributed by atoms with Gasteiger partial charge in [0.15, 0.2) is 6.61 Å². The Hall–Kier alpha value is -2.79. The van der Waals surface area contributed by atoms with Crippen molar-refractivity contribution >= 4 is 34.6 Å². The van der Waals surface area contributed by atoms with Crippen LogP contribution in [-0.2, 0) is 4.79 Å². The van der Waals surface area contributed by atoms with Crippen LogP contribution in [0.4, 0.5) is 0 Å². The number of nitrogens with one attached hydrogen (secondary N) is 2. The summed E-state index contributed by atoms with van der Waals surface area (Å²) in [5, 5.41) is 5.68. The van der Waals surface area contributed by atoms with Crippen molar-refractivity contribution in [1.29, 1.82) is 0 Å². The van der Waals surface area contributed by atoms with Crippen LogP contribution in [-0.4, -0.2) is 23.7 Å². The van der Waals surface area contributed by atoms with Gasteiger partial charge in [-0.05, 0) is 43.2 Å². The predicted octanol–water partition coefficient (Wildman–Crippen LogP) is 3.97. The Bertz CT molecular complexity index is 924. The Morgan fingerprint density at radius 3 is 2.76 bits per heavy atom. The number of ether oxygens (including phenoxy) is 1. The lowest BCUT2D eigenvalue weighted by atomic mass is 10.1. The largest absolute Gasteiger partial charge is 0.483 e. The summed E-state index contributed by atoms with van der Waals surface area (Å²) in [7, 11) is 0. The van der Waals surface area contributed by atoms with E-state index in [0.717, 1.165) is 27.6 Å². The second kappa shape index (κ2) is 7.40. The first-order chi connectivity index (χ1) is 12.0. The number of rotatable bonds is 5. The van der Waals surface area contributed by atoms with E-state index in [1.165, 1.54) is 0 Å². The number of H-pyrrole nitrogens is 1. The lowest BCUT2D eigenvalue weighted by Crippen LogP contribution is -2.25. The molecule has 3 aromatic rings. The van der Waals surface area contributed by atoms with E-state index in [4.69, 9.17) is 16.3 Å². The summed E-state index contributed by atoms with van der Waals surface area (Å²) in [6.45, 7) is 3.66. The molecule has 3 rings (SSSR count). The highest BCUT2D eigenvalue weighted by atomic mass is 35.5. The number of aryl methyl sites for hydroxylation is 2. The highest BCUT2D eigenvalue weighted by molar-refractivity contribution is 6.30. The summed E-state index contributed by atoms with van der Waals surface area (Å²) in [6, 6.07) is 11.5. The van der Waals surface area contributed by atoms with Crippen molar-refractivity contribution in [3.63, 3.8) is 0 Å². The molecule has 1 amide bonds. The maximum absolute atomic E-state index is 11.9. The Morgan fingerprint density at radius 1 is 1.28 bits per heavy atom. The van der Waals surface area contributed by atoms with E-state index < -0.39 is 0 Å². The molecular formula is C19H18ClN3O2. The van der Waals surface area contributed by atoms with Crippen LogP contribution in [0.25, 0.3) is 10.9 Å². The SMILES string of the molecule is Cc1cc(Cl)cc(C)c1OCC(=O)NN=Cc1c[nH]c2ccccc12. The topological polar surface area (TPSA) is 66.5 Å². The number of carbonyl (C=O) groups is 1. The van der Waals surface area contributed by atoms with Gasteiger partial charge in [0.2, 0.25) is 0 Å². The summed E-state index contributed by atoms with van der Waals surface area (Å²) in [5.74, 6) is 0.338. The van der Waals surface area contributed by atoms with Crippen molar-refractivity contribution < 1.29 is 9.53 Å². The van der Waals surface area contributed by atoms with Gasteiger partial charge in [-0.15, -0.1) is 0 Å². The molecule has 0 spiro atoms. The molecule has 1 aromatic heterocycles. The van der Waals surface area contributed by atoms with Crippen molar-refractivity contribution in [1.82, 2.24) is 10.4 Å². The van der Waals surface area contributed by atoms with E-state index in [1.54, 1.807) is 18.3 Å². The Kier molecular flexibility index (Phi) is 5.05. The molecule has 2 aromatic carbocycles. The van der Waals surface area contributed by atoms with Gasteiger partial charge in [-0.25, -0.2) is 5.43 Å². The molecule has 6 heteroatoms. The van der Waals surface area contributed by atoms with Gasteiger partial charge in [0.25, 0.3) is 5.91 Å². The van der Waals surface area contributed by atoms with Crippen LogP contribution in [0.2, 0.25) is 5.02 Å². The third kappa shape index (κ3) is 4.00. The molecule has 2 N–H and O–H groups in total. The third-order valence-electron chi connectivity index (χ3n) is 3.79. The van der Waals surface area contributed by atoms with E-state index >= 15 is 0 Å². The number of carbonyl (C=O) groups excluding carboxylic acids is 1.